The average Bonchev–Trinajstić information content (AvgIpc) is 3.32. The summed E-state index contributed by atoms with van der Waals surface area (Å²) >= 11 is 0. The number of esters is 2. The molecular weight excluding hydrogens is 424 g/mol. The molecule has 0 bridgehead atoms. The summed E-state index contributed by atoms with van der Waals surface area (Å²) in [5.74, 6) is -0.617. The predicted octanol–water partition coefficient (Wildman–Crippen LogP) is 1.64. The van der Waals surface area contributed by atoms with Crippen LogP contribution in [0.3, 0.4) is 0 Å². The van der Waals surface area contributed by atoms with Crippen molar-refractivity contribution in [2.24, 2.45) is 5.41 Å². The minimum absolute atomic E-state index is 0.0589. The topological polar surface area (TPSA) is 88.5 Å². The molecule has 0 aromatic heterocycles. The number of benzene rings is 1. The lowest BCUT2D eigenvalue weighted by molar-refractivity contribution is -0.228. The minimum atomic E-state index is -2.08. The van der Waals surface area contributed by atoms with E-state index in [9.17, 15) is 14.7 Å². The van der Waals surface area contributed by atoms with Crippen LogP contribution in [0.4, 0.5) is 5.69 Å². The Balaban J connectivity index is 1.86. The summed E-state index contributed by atoms with van der Waals surface area (Å²) in [6, 6.07) is 5.22. The molecule has 1 spiro atoms. The number of fused-ring (bicyclic) bond motifs is 1. The fourth-order valence-electron chi connectivity index (χ4n) is 7.68. The number of carbonyl (C=O) groups excluding carboxylic acids is 2. The van der Waals surface area contributed by atoms with Gasteiger partial charge in [0.15, 0.2) is 6.10 Å². The van der Waals surface area contributed by atoms with Crippen LogP contribution in [0.1, 0.15) is 32.3 Å². The summed E-state index contributed by atoms with van der Waals surface area (Å²) in [5.41, 5.74) is -1.41. The van der Waals surface area contributed by atoms with Crippen LogP contribution in [-0.4, -0.2) is 80.1 Å². The third kappa shape index (κ3) is 2.48. The summed E-state index contributed by atoms with van der Waals surface area (Å²) in [6.45, 7) is 4.94. The second-order valence-corrected chi connectivity index (χ2v) is 9.76. The highest BCUT2D eigenvalue weighted by Crippen LogP contribution is 2.67. The zero-order valence-electron chi connectivity index (χ0n) is 19.8. The standard InChI is InChI=1S/C25H32N2O6/c1-6-23-10-7-12-27-13-11-24(19(23)27)17-9-8-16(31-4)14-18(17)26(3)20(24)25(30,22(29)32-5)21(23)33-15(2)28/h7-10,14,19-21,30H,6,11-13H2,1-5H3/t19-,20-,21-,23-,24-,25+/m1/s1. The Bertz CT molecular complexity index is 1040. The van der Waals surface area contributed by atoms with Crippen molar-refractivity contribution in [3.8, 4) is 5.75 Å². The van der Waals surface area contributed by atoms with Gasteiger partial charge in [-0.15, -0.1) is 0 Å². The molecule has 3 aliphatic heterocycles. The van der Waals surface area contributed by atoms with Crippen molar-refractivity contribution in [2.45, 2.75) is 55.9 Å². The first-order chi connectivity index (χ1) is 15.7. The number of aliphatic hydroxyl groups is 1. The van der Waals surface area contributed by atoms with Gasteiger partial charge < -0.3 is 24.2 Å². The van der Waals surface area contributed by atoms with Crippen LogP contribution >= 0.6 is 0 Å². The van der Waals surface area contributed by atoms with E-state index in [-0.39, 0.29) is 6.04 Å². The third-order valence-corrected chi connectivity index (χ3v) is 8.62. The number of nitrogens with zero attached hydrogens (tertiary/aromatic N) is 2. The quantitative estimate of drug-likeness (QED) is 0.541. The summed E-state index contributed by atoms with van der Waals surface area (Å²) in [5, 5.41) is 12.5. The van der Waals surface area contributed by atoms with E-state index in [2.05, 4.69) is 23.1 Å². The number of ether oxygens (including phenoxy) is 3. The minimum Gasteiger partial charge on any atom is -0.497 e. The maximum atomic E-state index is 13.5. The van der Waals surface area contributed by atoms with Crippen molar-refractivity contribution in [3.05, 3.63) is 35.9 Å². The molecule has 3 heterocycles. The number of rotatable bonds is 4. The lowest BCUT2D eigenvalue weighted by Crippen LogP contribution is -2.81. The van der Waals surface area contributed by atoms with Gasteiger partial charge in [-0.2, -0.15) is 0 Å². The van der Waals surface area contributed by atoms with E-state index < -0.39 is 40.5 Å². The molecule has 0 amide bonds. The van der Waals surface area contributed by atoms with Crippen LogP contribution in [0.2, 0.25) is 0 Å². The third-order valence-electron chi connectivity index (χ3n) is 8.62. The molecule has 1 aromatic carbocycles. The van der Waals surface area contributed by atoms with Crippen LogP contribution in [0, 0.1) is 5.41 Å². The Morgan fingerprint density at radius 3 is 2.64 bits per heavy atom. The normalized spacial score (nSPS) is 38.4. The van der Waals surface area contributed by atoms with Gasteiger partial charge in [-0.25, -0.2) is 4.79 Å². The van der Waals surface area contributed by atoms with Crippen LogP contribution < -0.4 is 9.64 Å². The van der Waals surface area contributed by atoms with Crippen molar-refractivity contribution in [1.82, 2.24) is 4.90 Å². The number of likely N-dealkylation sites (N-methyl/N-ethyl adjacent to an activating group) is 1. The first-order valence-corrected chi connectivity index (χ1v) is 11.5. The number of carbonyl (C=O) groups is 2. The first-order valence-electron chi connectivity index (χ1n) is 11.5. The van der Waals surface area contributed by atoms with Gasteiger partial charge in [0, 0.05) is 49.1 Å². The molecule has 1 N–H and O–H groups in total. The maximum absolute atomic E-state index is 13.5. The van der Waals surface area contributed by atoms with Crippen LogP contribution in [0.5, 0.6) is 5.75 Å². The molecule has 6 atom stereocenters. The molecule has 33 heavy (non-hydrogen) atoms. The fraction of sp³-hybridized carbons (Fsp3) is 0.600. The molecule has 0 radical (unpaired) electrons. The smallest absolute Gasteiger partial charge is 0.344 e. The lowest BCUT2D eigenvalue weighted by atomic mass is 9.47. The van der Waals surface area contributed by atoms with E-state index in [1.807, 2.05) is 31.0 Å². The van der Waals surface area contributed by atoms with Gasteiger partial charge in [0.2, 0.25) is 5.60 Å². The largest absolute Gasteiger partial charge is 0.497 e. The molecule has 178 valence electrons. The van der Waals surface area contributed by atoms with Crippen molar-refractivity contribution >= 4 is 17.6 Å². The number of methoxy groups -OCH3 is 2. The number of hydrogen-bond acceptors (Lipinski definition) is 8. The highest BCUT2D eigenvalue weighted by molar-refractivity contribution is 5.87. The molecule has 2 fully saturated rings. The first kappa shape index (κ1) is 22.2. The maximum Gasteiger partial charge on any atom is 0.344 e. The van der Waals surface area contributed by atoms with Crippen LogP contribution in [-0.2, 0) is 24.5 Å². The van der Waals surface area contributed by atoms with Gasteiger partial charge in [0.25, 0.3) is 0 Å². The van der Waals surface area contributed by atoms with E-state index in [0.717, 1.165) is 30.8 Å². The molecule has 1 aliphatic carbocycles. The van der Waals surface area contributed by atoms with Gasteiger partial charge >= 0.3 is 11.9 Å². The molecule has 1 saturated heterocycles. The van der Waals surface area contributed by atoms with Crippen molar-refractivity contribution < 1.29 is 28.9 Å². The highest BCUT2D eigenvalue weighted by atomic mass is 16.6. The van der Waals surface area contributed by atoms with Crippen molar-refractivity contribution in [2.75, 3.05) is 39.3 Å². The van der Waals surface area contributed by atoms with E-state index in [4.69, 9.17) is 14.2 Å². The molecule has 5 rings (SSSR count). The molecule has 1 aromatic rings. The zero-order valence-corrected chi connectivity index (χ0v) is 19.8. The Morgan fingerprint density at radius 1 is 1.24 bits per heavy atom. The second-order valence-electron chi connectivity index (χ2n) is 9.76. The van der Waals surface area contributed by atoms with Crippen LogP contribution in [0.15, 0.2) is 30.4 Å². The van der Waals surface area contributed by atoms with Gasteiger partial charge in [0.1, 0.15) is 5.75 Å². The predicted molar refractivity (Wildman–Crippen MR) is 121 cm³/mol. The summed E-state index contributed by atoms with van der Waals surface area (Å²) in [7, 11) is 4.77. The molecule has 0 unspecified atom stereocenters. The summed E-state index contributed by atoms with van der Waals surface area (Å²) in [6.07, 6.45) is 4.40. The zero-order chi connectivity index (χ0) is 23.8. The van der Waals surface area contributed by atoms with Crippen LogP contribution in [0.25, 0.3) is 0 Å². The number of anilines is 1. The fourth-order valence-corrected chi connectivity index (χ4v) is 7.68. The van der Waals surface area contributed by atoms with E-state index >= 15 is 0 Å². The molecular formula is C25H32N2O6. The lowest BCUT2D eigenvalue weighted by Gasteiger charge is -2.63. The SMILES string of the molecule is CC[C@]12C=CCN3CC[C@@]4(c5ccc(OC)cc5N(C)[C@H]4[C@@](O)(C(=O)OC)[C@@H]1OC(C)=O)[C@H]32. The monoisotopic (exact) mass is 456 g/mol. The molecule has 4 aliphatic rings. The Hall–Kier alpha value is -2.58. The van der Waals surface area contributed by atoms with Gasteiger partial charge in [-0.05, 0) is 31.0 Å². The highest BCUT2D eigenvalue weighted by Gasteiger charge is 2.80. The van der Waals surface area contributed by atoms with E-state index in [0.29, 0.717) is 12.2 Å². The Labute approximate surface area is 194 Å². The van der Waals surface area contributed by atoms with E-state index in [1.165, 1.54) is 14.0 Å². The molecule has 1 saturated carbocycles. The van der Waals surface area contributed by atoms with Crippen molar-refractivity contribution in [3.63, 3.8) is 0 Å². The summed E-state index contributed by atoms with van der Waals surface area (Å²) in [4.78, 5) is 30.2. The van der Waals surface area contributed by atoms with Gasteiger partial charge in [0.05, 0.1) is 20.3 Å². The Kier molecular flexibility index (Phi) is 4.85. The number of hydrogen-bond donors (Lipinski definition) is 1. The average molecular weight is 457 g/mol. The summed E-state index contributed by atoms with van der Waals surface area (Å²) < 4.78 is 16.6. The molecule has 8 heteroatoms. The Morgan fingerprint density at radius 2 is 2.00 bits per heavy atom. The van der Waals surface area contributed by atoms with Gasteiger partial charge in [-0.3, -0.25) is 9.69 Å². The molecule has 8 nitrogen and oxygen atoms in total. The van der Waals surface area contributed by atoms with E-state index in [1.54, 1.807) is 7.11 Å². The van der Waals surface area contributed by atoms with Gasteiger partial charge in [-0.1, -0.05) is 25.1 Å². The second kappa shape index (κ2) is 7.21. The van der Waals surface area contributed by atoms with Crippen molar-refractivity contribution in [1.29, 1.82) is 0 Å².